The van der Waals surface area contributed by atoms with E-state index in [4.69, 9.17) is 9.84 Å². The van der Waals surface area contributed by atoms with Crippen LogP contribution in [0.25, 0.3) is 11.1 Å². The van der Waals surface area contributed by atoms with Gasteiger partial charge >= 0.3 is 12.3 Å². The SMILES string of the molecule is O=C(O)CCCOc1ccc(-c2ccccc2OC(F)(F)F)cc1. The van der Waals surface area contributed by atoms with E-state index in [1.165, 1.54) is 18.2 Å². The van der Waals surface area contributed by atoms with Gasteiger partial charge in [0.05, 0.1) is 6.61 Å². The van der Waals surface area contributed by atoms with Crippen molar-refractivity contribution in [2.45, 2.75) is 19.2 Å². The zero-order chi connectivity index (χ0) is 17.6. The minimum absolute atomic E-state index is 0.0141. The lowest BCUT2D eigenvalue weighted by molar-refractivity contribution is -0.274. The second kappa shape index (κ2) is 7.72. The number of hydrogen-bond acceptors (Lipinski definition) is 3. The second-order valence-electron chi connectivity index (χ2n) is 4.91. The van der Waals surface area contributed by atoms with Crippen molar-refractivity contribution in [3.63, 3.8) is 0 Å². The van der Waals surface area contributed by atoms with Gasteiger partial charge in [-0.05, 0) is 30.2 Å². The van der Waals surface area contributed by atoms with E-state index in [9.17, 15) is 18.0 Å². The summed E-state index contributed by atoms with van der Waals surface area (Å²) < 4.78 is 46.8. The number of halogens is 3. The van der Waals surface area contributed by atoms with Gasteiger partial charge in [-0.3, -0.25) is 4.79 Å². The summed E-state index contributed by atoms with van der Waals surface area (Å²) in [7, 11) is 0. The third-order valence-corrected chi connectivity index (χ3v) is 3.08. The summed E-state index contributed by atoms with van der Waals surface area (Å²) in [6.45, 7) is 0.249. The normalized spacial score (nSPS) is 11.1. The zero-order valence-corrected chi connectivity index (χ0v) is 12.5. The molecule has 0 bridgehead atoms. The molecule has 0 aliphatic heterocycles. The van der Waals surface area contributed by atoms with Gasteiger partial charge in [-0.25, -0.2) is 0 Å². The molecule has 0 amide bonds. The van der Waals surface area contributed by atoms with E-state index in [0.717, 1.165) is 0 Å². The highest BCUT2D eigenvalue weighted by molar-refractivity contribution is 5.70. The number of aliphatic carboxylic acids is 1. The van der Waals surface area contributed by atoms with Crippen molar-refractivity contribution >= 4 is 5.97 Å². The highest BCUT2D eigenvalue weighted by Gasteiger charge is 2.32. The summed E-state index contributed by atoms with van der Waals surface area (Å²) in [6.07, 6.45) is -4.37. The lowest BCUT2D eigenvalue weighted by Crippen LogP contribution is -2.17. The summed E-state index contributed by atoms with van der Waals surface area (Å²) in [4.78, 5) is 10.4. The minimum Gasteiger partial charge on any atom is -0.494 e. The first-order valence-electron chi connectivity index (χ1n) is 7.15. The van der Waals surface area contributed by atoms with Crippen LogP contribution in [-0.2, 0) is 4.79 Å². The minimum atomic E-state index is -4.76. The van der Waals surface area contributed by atoms with Crippen LogP contribution in [0.4, 0.5) is 13.2 Å². The summed E-state index contributed by atoms with van der Waals surface area (Å²) in [5, 5.41) is 8.53. The molecule has 0 unspecified atom stereocenters. The Bertz CT molecular complexity index is 681. The van der Waals surface area contributed by atoms with Gasteiger partial charge < -0.3 is 14.6 Å². The van der Waals surface area contributed by atoms with Gasteiger partial charge in [-0.1, -0.05) is 30.3 Å². The van der Waals surface area contributed by atoms with Crippen LogP contribution in [0.2, 0.25) is 0 Å². The molecule has 0 fully saturated rings. The van der Waals surface area contributed by atoms with Crippen molar-refractivity contribution in [2.24, 2.45) is 0 Å². The molecule has 128 valence electrons. The number of carbonyl (C=O) groups is 1. The average Bonchev–Trinajstić information content (AvgIpc) is 2.51. The van der Waals surface area contributed by atoms with Crippen LogP contribution >= 0.6 is 0 Å². The van der Waals surface area contributed by atoms with Crippen LogP contribution in [0, 0.1) is 0 Å². The fraction of sp³-hybridized carbons (Fsp3) is 0.235. The van der Waals surface area contributed by atoms with Crippen molar-refractivity contribution in [1.82, 2.24) is 0 Å². The fourth-order valence-corrected chi connectivity index (χ4v) is 2.06. The first-order chi connectivity index (χ1) is 11.3. The lowest BCUT2D eigenvalue weighted by atomic mass is 10.0. The topological polar surface area (TPSA) is 55.8 Å². The Morgan fingerprint density at radius 2 is 1.71 bits per heavy atom. The number of para-hydroxylation sites is 1. The molecule has 0 aliphatic rings. The van der Waals surface area contributed by atoms with Crippen molar-refractivity contribution in [3.8, 4) is 22.6 Å². The molecule has 0 atom stereocenters. The van der Waals surface area contributed by atoms with Gasteiger partial charge in [0.15, 0.2) is 0 Å². The Morgan fingerprint density at radius 3 is 2.33 bits per heavy atom. The molecule has 2 aromatic rings. The Balaban J connectivity index is 2.07. The molecule has 0 aliphatic carbocycles. The molecular weight excluding hydrogens is 325 g/mol. The molecule has 4 nitrogen and oxygen atoms in total. The number of ether oxygens (including phenoxy) is 2. The highest BCUT2D eigenvalue weighted by atomic mass is 19.4. The predicted octanol–water partition coefficient (Wildman–Crippen LogP) is 4.50. The molecule has 0 heterocycles. The van der Waals surface area contributed by atoms with Crippen LogP contribution in [0.3, 0.4) is 0 Å². The zero-order valence-electron chi connectivity index (χ0n) is 12.5. The maximum Gasteiger partial charge on any atom is 0.573 e. The van der Waals surface area contributed by atoms with Crippen LogP contribution < -0.4 is 9.47 Å². The smallest absolute Gasteiger partial charge is 0.494 e. The third-order valence-electron chi connectivity index (χ3n) is 3.08. The number of carboxylic acids is 1. The maximum absolute atomic E-state index is 12.4. The summed E-state index contributed by atoms with van der Waals surface area (Å²) >= 11 is 0. The highest BCUT2D eigenvalue weighted by Crippen LogP contribution is 2.34. The molecule has 0 saturated heterocycles. The molecule has 2 aromatic carbocycles. The monoisotopic (exact) mass is 340 g/mol. The first-order valence-corrected chi connectivity index (χ1v) is 7.15. The van der Waals surface area contributed by atoms with Gasteiger partial charge in [0, 0.05) is 12.0 Å². The van der Waals surface area contributed by atoms with Crippen LogP contribution in [0.5, 0.6) is 11.5 Å². The number of carboxylic acid groups (broad SMARTS) is 1. The molecule has 1 N–H and O–H groups in total. The molecule has 0 aromatic heterocycles. The average molecular weight is 340 g/mol. The molecule has 0 radical (unpaired) electrons. The first kappa shape index (κ1) is 17.7. The Kier molecular flexibility index (Phi) is 5.68. The van der Waals surface area contributed by atoms with Crippen molar-refractivity contribution < 1.29 is 32.5 Å². The van der Waals surface area contributed by atoms with Crippen LogP contribution in [0.15, 0.2) is 48.5 Å². The molecule has 2 rings (SSSR count). The summed E-state index contributed by atoms with van der Waals surface area (Å²) in [6, 6.07) is 12.3. The van der Waals surface area contributed by atoms with E-state index in [0.29, 0.717) is 23.3 Å². The molecule has 0 saturated carbocycles. The third kappa shape index (κ3) is 5.49. The van der Waals surface area contributed by atoms with E-state index in [1.54, 1.807) is 30.3 Å². The van der Waals surface area contributed by atoms with Crippen LogP contribution in [-0.4, -0.2) is 24.0 Å². The number of alkyl halides is 3. The molecular formula is C17H15F3O4. The number of benzene rings is 2. The van der Waals surface area contributed by atoms with E-state index in [-0.39, 0.29) is 18.8 Å². The molecule has 24 heavy (non-hydrogen) atoms. The Labute approximate surface area is 136 Å². The summed E-state index contributed by atoms with van der Waals surface area (Å²) in [5.74, 6) is -0.659. The Hall–Kier alpha value is -2.70. The number of hydrogen-bond donors (Lipinski definition) is 1. The van der Waals surface area contributed by atoms with Gasteiger partial charge in [-0.2, -0.15) is 0 Å². The van der Waals surface area contributed by atoms with E-state index in [1.807, 2.05) is 0 Å². The van der Waals surface area contributed by atoms with Crippen molar-refractivity contribution in [3.05, 3.63) is 48.5 Å². The van der Waals surface area contributed by atoms with Gasteiger partial charge in [0.1, 0.15) is 11.5 Å². The van der Waals surface area contributed by atoms with E-state index >= 15 is 0 Å². The predicted molar refractivity (Wildman–Crippen MR) is 80.9 cm³/mol. The maximum atomic E-state index is 12.4. The lowest BCUT2D eigenvalue weighted by Gasteiger charge is -2.13. The van der Waals surface area contributed by atoms with Crippen molar-refractivity contribution in [2.75, 3.05) is 6.61 Å². The number of rotatable bonds is 7. The van der Waals surface area contributed by atoms with Crippen molar-refractivity contribution in [1.29, 1.82) is 0 Å². The van der Waals surface area contributed by atoms with Crippen LogP contribution in [0.1, 0.15) is 12.8 Å². The van der Waals surface area contributed by atoms with Gasteiger partial charge in [-0.15, -0.1) is 13.2 Å². The molecule has 7 heteroatoms. The fourth-order valence-electron chi connectivity index (χ4n) is 2.06. The summed E-state index contributed by atoms with van der Waals surface area (Å²) in [5.41, 5.74) is 0.861. The van der Waals surface area contributed by atoms with E-state index in [2.05, 4.69) is 4.74 Å². The van der Waals surface area contributed by atoms with E-state index < -0.39 is 12.3 Å². The Morgan fingerprint density at radius 1 is 1.04 bits per heavy atom. The largest absolute Gasteiger partial charge is 0.573 e. The van der Waals surface area contributed by atoms with Gasteiger partial charge in [0.25, 0.3) is 0 Å². The van der Waals surface area contributed by atoms with Gasteiger partial charge in [0.2, 0.25) is 0 Å². The quantitative estimate of drug-likeness (QED) is 0.754. The molecule has 0 spiro atoms. The second-order valence-corrected chi connectivity index (χ2v) is 4.91. The standard InChI is InChI=1S/C17H15F3O4/c18-17(19,20)24-15-5-2-1-4-14(15)12-7-9-13(10-8-12)23-11-3-6-16(21)22/h1-2,4-5,7-10H,3,6,11H2,(H,21,22).